The highest BCUT2D eigenvalue weighted by Gasteiger charge is 2.32. The van der Waals surface area contributed by atoms with Gasteiger partial charge in [0.1, 0.15) is 68.6 Å². The molecule has 4 aromatic carbocycles. The van der Waals surface area contributed by atoms with Gasteiger partial charge in [-0.1, -0.05) is 0 Å². The fourth-order valence-electron chi connectivity index (χ4n) is 5.30. The van der Waals surface area contributed by atoms with E-state index in [4.69, 9.17) is 18.9 Å². The zero-order valence-corrected chi connectivity index (χ0v) is 25.3. The Morgan fingerprint density at radius 1 is 0.511 bits per heavy atom. The summed E-state index contributed by atoms with van der Waals surface area (Å²) < 4.78 is 21.3. The van der Waals surface area contributed by atoms with Gasteiger partial charge < -0.3 is 49.6 Å². The first kappa shape index (κ1) is 32.1. The van der Waals surface area contributed by atoms with Crippen molar-refractivity contribution in [2.24, 2.45) is 0 Å². The van der Waals surface area contributed by atoms with E-state index in [1.807, 2.05) is 0 Å². The van der Waals surface area contributed by atoms with Crippen molar-refractivity contribution >= 4 is 11.6 Å². The molecule has 0 amide bonds. The Bertz CT molecular complexity index is 1710. The Kier molecular flexibility index (Phi) is 8.89. The lowest BCUT2D eigenvalue weighted by atomic mass is 9.90. The predicted molar refractivity (Wildman–Crippen MR) is 161 cm³/mol. The average molecular weight is 621 g/mol. The van der Waals surface area contributed by atoms with Crippen molar-refractivity contribution in [3.05, 3.63) is 80.9 Å². The summed E-state index contributed by atoms with van der Waals surface area (Å²) in [5, 5.41) is 64.5. The lowest BCUT2D eigenvalue weighted by Crippen LogP contribution is -2.10. The van der Waals surface area contributed by atoms with Crippen LogP contribution < -0.4 is 18.9 Å². The molecule has 0 saturated carbocycles. The smallest absolute Gasteiger partial charge is 0.204 e. The van der Waals surface area contributed by atoms with Crippen molar-refractivity contribution in [3.63, 3.8) is 0 Å². The fourth-order valence-corrected chi connectivity index (χ4v) is 5.30. The van der Waals surface area contributed by atoms with Crippen molar-refractivity contribution in [2.45, 2.75) is 20.3 Å². The van der Waals surface area contributed by atoms with Crippen molar-refractivity contribution in [1.29, 1.82) is 0 Å². The molecule has 0 spiro atoms. The van der Waals surface area contributed by atoms with E-state index in [1.165, 1.54) is 66.6 Å². The minimum atomic E-state index is -0.837. The monoisotopic (exact) mass is 620 g/mol. The van der Waals surface area contributed by atoms with Gasteiger partial charge in [0.15, 0.2) is 0 Å². The van der Waals surface area contributed by atoms with Crippen molar-refractivity contribution in [2.75, 3.05) is 28.4 Å². The molecular formula is C33H32O12. The zero-order valence-electron chi connectivity index (χ0n) is 25.3. The first-order valence-electron chi connectivity index (χ1n) is 13.4. The molecule has 0 aromatic heterocycles. The Balaban J connectivity index is 1.93. The summed E-state index contributed by atoms with van der Waals surface area (Å²) in [5.74, 6) is -4.81. The number of hydrogen-bond acceptors (Lipinski definition) is 12. The molecule has 0 fully saturated rings. The number of aromatic hydroxyl groups is 6. The van der Waals surface area contributed by atoms with Crippen LogP contribution in [0.1, 0.15) is 54.1 Å². The van der Waals surface area contributed by atoms with E-state index in [2.05, 4.69) is 0 Å². The van der Waals surface area contributed by atoms with E-state index in [0.29, 0.717) is 11.1 Å². The van der Waals surface area contributed by atoms with Gasteiger partial charge in [0.05, 0.1) is 39.6 Å². The van der Waals surface area contributed by atoms with Crippen LogP contribution in [0.15, 0.2) is 36.4 Å². The number of phenols is 6. The van der Waals surface area contributed by atoms with Gasteiger partial charge in [0, 0.05) is 41.8 Å². The summed E-state index contributed by atoms with van der Waals surface area (Å²) in [6.45, 7) is 3.08. The highest BCUT2D eigenvalue weighted by atomic mass is 16.5. The summed E-state index contributed by atoms with van der Waals surface area (Å²) in [6, 6.07) is 7.26. The normalized spacial score (nSPS) is 10.8. The third kappa shape index (κ3) is 5.65. The third-order valence-electron chi connectivity index (χ3n) is 7.40. The number of ketones is 2. The van der Waals surface area contributed by atoms with E-state index in [-0.39, 0.29) is 56.8 Å². The van der Waals surface area contributed by atoms with E-state index in [1.54, 1.807) is 0 Å². The highest BCUT2D eigenvalue weighted by molar-refractivity contribution is 6.16. The molecule has 0 aliphatic carbocycles. The number of methoxy groups -OCH3 is 4. The molecule has 4 aromatic rings. The second-order valence-electron chi connectivity index (χ2n) is 10.1. The summed E-state index contributed by atoms with van der Waals surface area (Å²) >= 11 is 0. The standard InChI is InChI=1S/C33H32O12/c1-14-7-16(34)9-24(44-5)26(14)32(40)28-20(36)12-22(42-3)18(30(28)38)11-19-23(43-4)13-21(37)29(31(19)39)33(41)27-15(2)8-17(35)10-25(27)45-6/h7-10,12-13,34-39H,11H2,1-6H3. The topological polar surface area (TPSA) is 192 Å². The molecule has 0 unspecified atom stereocenters. The van der Waals surface area contributed by atoms with Gasteiger partial charge in [-0.25, -0.2) is 0 Å². The minimum Gasteiger partial charge on any atom is -0.508 e. The largest absolute Gasteiger partial charge is 0.508 e. The molecule has 0 bridgehead atoms. The fraction of sp³-hybridized carbons (Fsp3) is 0.212. The summed E-state index contributed by atoms with van der Waals surface area (Å²) in [6.07, 6.45) is -0.414. The maximum atomic E-state index is 13.8. The molecule has 0 atom stereocenters. The molecule has 4 rings (SSSR count). The van der Waals surface area contributed by atoms with Gasteiger partial charge in [-0.05, 0) is 37.1 Å². The van der Waals surface area contributed by atoms with Gasteiger partial charge in [-0.3, -0.25) is 9.59 Å². The molecule has 0 aliphatic rings. The Labute approximate surface area is 257 Å². The molecule has 0 saturated heterocycles. The summed E-state index contributed by atoms with van der Waals surface area (Å²) in [7, 11) is 5.10. The van der Waals surface area contributed by atoms with Gasteiger partial charge >= 0.3 is 0 Å². The summed E-state index contributed by atoms with van der Waals surface area (Å²) in [4.78, 5) is 27.5. The molecule has 45 heavy (non-hydrogen) atoms. The molecule has 0 heterocycles. The first-order chi connectivity index (χ1) is 21.3. The molecule has 236 valence electrons. The quantitative estimate of drug-likeness (QED) is 0.135. The number of rotatable bonds is 10. The Hall–Kier alpha value is -5.78. The van der Waals surface area contributed by atoms with Crippen LogP contribution in [-0.2, 0) is 6.42 Å². The predicted octanol–water partition coefficient (Wildman–Crippen LogP) is 4.62. The van der Waals surface area contributed by atoms with E-state index in [0.717, 1.165) is 12.1 Å². The third-order valence-corrected chi connectivity index (χ3v) is 7.40. The maximum absolute atomic E-state index is 13.8. The van der Waals surface area contributed by atoms with Crippen molar-refractivity contribution in [3.8, 4) is 57.5 Å². The van der Waals surface area contributed by atoms with E-state index in [9.17, 15) is 40.2 Å². The number of aryl methyl sites for hydroxylation is 2. The number of phenolic OH excluding ortho intramolecular Hbond substituents is 6. The van der Waals surface area contributed by atoms with Crippen molar-refractivity contribution in [1.82, 2.24) is 0 Å². The van der Waals surface area contributed by atoms with Crippen LogP contribution in [0.4, 0.5) is 0 Å². The van der Waals surface area contributed by atoms with E-state index >= 15 is 0 Å². The Morgan fingerprint density at radius 2 is 0.844 bits per heavy atom. The zero-order chi connectivity index (χ0) is 33.3. The Morgan fingerprint density at radius 3 is 1.16 bits per heavy atom. The minimum absolute atomic E-state index is 0.00498. The second kappa shape index (κ2) is 12.4. The number of carbonyl (C=O) groups excluding carboxylic acids is 2. The lowest BCUT2D eigenvalue weighted by molar-refractivity contribution is 0.102. The molecule has 12 nitrogen and oxygen atoms in total. The van der Waals surface area contributed by atoms with Crippen LogP contribution in [0.5, 0.6) is 57.5 Å². The summed E-state index contributed by atoms with van der Waals surface area (Å²) in [5.41, 5.74) is -0.661. The molecule has 0 radical (unpaired) electrons. The molecule has 6 N–H and O–H groups in total. The van der Waals surface area contributed by atoms with Gasteiger partial charge in [0.25, 0.3) is 0 Å². The average Bonchev–Trinajstić information content (AvgIpc) is 2.97. The van der Waals surface area contributed by atoms with Crippen LogP contribution in [0.25, 0.3) is 0 Å². The SMILES string of the molecule is COc1cc(O)c(C(=O)c2c(C)cc(O)cc2OC)c(O)c1Cc1c(OC)cc(O)c(C(=O)c2c(C)cc(O)cc2OC)c1O. The first-order valence-corrected chi connectivity index (χ1v) is 13.4. The van der Waals surface area contributed by atoms with Crippen LogP contribution in [0, 0.1) is 13.8 Å². The van der Waals surface area contributed by atoms with Gasteiger partial charge in [-0.15, -0.1) is 0 Å². The molecule has 12 heteroatoms. The van der Waals surface area contributed by atoms with Crippen LogP contribution >= 0.6 is 0 Å². The molecular weight excluding hydrogens is 588 g/mol. The van der Waals surface area contributed by atoms with Crippen LogP contribution in [0.3, 0.4) is 0 Å². The molecule has 0 aliphatic heterocycles. The number of carbonyl (C=O) groups is 2. The maximum Gasteiger partial charge on any atom is 0.204 e. The van der Waals surface area contributed by atoms with E-state index < -0.39 is 52.1 Å². The highest BCUT2D eigenvalue weighted by Crippen LogP contribution is 2.47. The number of ether oxygens (including phenoxy) is 4. The van der Waals surface area contributed by atoms with Gasteiger partial charge in [-0.2, -0.15) is 0 Å². The van der Waals surface area contributed by atoms with Crippen LogP contribution in [-0.4, -0.2) is 70.6 Å². The lowest BCUT2D eigenvalue weighted by Gasteiger charge is -2.20. The van der Waals surface area contributed by atoms with Gasteiger partial charge in [0.2, 0.25) is 11.6 Å². The number of benzene rings is 4. The second-order valence-corrected chi connectivity index (χ2v) is 10.1. The van der Waals surface area contributed by atoms with Crippen molar-refractivity contribution < 1.29 is 59.2 Å². The number of hydrogen-bond donors (Lipinski definition) is 6. The van der Waals surface area contributed by atoms with Crippen LogP contribution in [0.2, 0.25) is 0 Å².